The molecule has 0 amide bonds. The molecule has 0 bridgehead atoms. The third kappa shape index (κ3) is 2.84. The van der Waals surface area contributed by atoms with Crippen LogP contribution >= 0.6 is 0 Å². The molecule has 3 rings (SSSR count). The normalized spacial score (nSPS) is 18.2. The van der Waals surface area contributed by atoms with E-state index in [-0.39, 0.29) is 22.8 Å². The van der Waals surface area contributed by atoms with Gasteiger partial charge in [0.2, 0.25) is 10.0 Å². The average molecular weight is 340 g/mol. The maximum atomic E-state index is 13.0. The smallest absolute Gasteiger partial charge is 0.245 e. The molecule has 2 aromatic carbocycles. The van der Waals surface area contributed by atoms with Gasteiger partial charge in [-0.05, 0) is 25.0 Å². The first kappa shape index (κ1) is 16.4. The summed E-state index contributed by atoms with van der Waals surface area (Å²) < 4.78 is 27.2. The summed E-state index contributed by atoms with van der Waals surface area (Å²) >= 11 is 0. The lowest BCUT2D eigenvalue weighted by Gasteiger charge is -2.23. The van der Waals surface area contributed by atoms with Crippen molar-refractivity contribution in [3.63, 3.8) is 0 Å². The molecule has 1 atom stereocenters. The fourth-order valence-corrected chi connectivity index (χ4v) is 4.80. The zero-order valence-corrected chi connectivity index (χ0v) is 13.7. The first-order valence-corrected chi connectivity index (χ1v) is 9.10. The van der Waals surface area contributed by atoms with E-state index < -0.39 is 16.1 Å². The van der Waals surface area contributed by atoms with Crippen molar-refractivity contribution in [2.45, 2.75) is 23.8 Å². The highest BCUT2D eigenvalue weighted by atomic mass is 32.2. The Hall–Kier alpha value is -2.49. The molecule has 0 spiro atoms. The fourth-order valence-electron chi connectivity index (χ4n) is 2.99. The Kier molecular flexibility index (Phi) is 4.47. The molecule has 0 radical (unpaired) electrons. The summed E-state index contributed by atoms with van der Waals surface area (Å²) in [6.45, 7) is 0.283. The number of carbonyl (C=O) groups is 1. The number of ketones is 1. The summed E-state index contributed by atoms with van der Waals surface area (Å²) in [5, 5.41) is 9.18. The number of sulfonamides is 1. The number of benzene rings is 2. The number of Topliss-reactive ketones (excluding diaryl/α,β-unsaturated/α-hetero) is 1. The van der Waals surface area contributed by atoms with E-state index in [2.05, 4.69) is 0 Å². The number of carbonyl (C=O) groups excluding carboxylic acids is 1. The lowest BCUT2D eigenvalue weighted by Crippen LogP contribution is -2.40. The zero-order chi connectivity index (χ0) is 17.2. The molecular weight excluding hydrogens is 324 g/mol. The van der Waals surface area contributed by atoms with E-state index >= 15 is 0 Å². The molecule has 0 aromatic heterocycles. The highest BCUT2D eigenvalue weighted by Crippen LogP contribution is 2.29. The molecule has 1 aliphatic heterocycles. The first-order valence-electron chi connectivity index (χ1n) is 7.66. The number of hydrogen-bond acceptors (Lipinski definition) is 4. The molecule has 24 heavy (non-hydrogen) atoms. The molecule has 6 heteroatoms. The molecule has 1 aliphatic rings. The van der Waals surface area contributed by atoms with Crippen molar-refractivity contribution >= 4 is 15.8 Å². The van der Waals surface area contributed by atoms with Gasteiger partial charge in [0, 0.05) is 12.1 Å². The van der Waals surface area contributed by atoms with Gasteiger partial charge >= 0.3 is 0 Å². The van der Waals surface area contributed by atoms with Gasteiger partial charge in [0.05, 0.1) is 16.5 Å². The van der Waals surface area contributed by atoms with Gasteiger partial charge in [-0.1, -0.05) is 42.5 Å². The molecule has 0 saturated carbocycles. The summed E-state index contributed by atoms with van der Waals surface area (Å²) in [6, 6.07) is 16.0. The van der Waals surface area contributed by atoms with Crippen molar-refractivity contribution in [3.8, 4) is 6.07 Å². The molecule has 1 heterocycles. The maximum Gasteiger partial charge on any atom is 0.245 e. The highest BCUT2D eigenvalue weighted by molar-refractivity contribution is 7.89. The SMILES string of the molecule is N#Cc1ccccc1S(=O)(=O)N1CCCC1C(=O)c1ccccc1. The van der Waals surface area contributed by atoms with Gasteiger partial charge in [0.25, 0.3) is 0 Å². The van der Waals surface area contributed by atoms with Crippen LogP contribution in [0.3, 0.4) is 0 Å². The third-order valence-electron chi connectivity index (χ3n) is 4.16. The Bertz CT molecular complexity index is 901. The predicted octanol–water partition coefficient (Wildman–Crippen LogP) is 2.59. The summed E-state index contributed by atoms with van der Waals surface area (Å²) in [5.74, 6) is -0.203. The number of nitriles is 1. The molecule has 1 unspecified atom stereocenters. The van der Waals surface area contributed by atoms with E-state index in [0.717, 1.165) is 0 Å². The topological polar surface area (TPSA) is 78.2 Å². The molecule has 0 N–H and O–H groups in total. The third-order valence-corrected chi connectivity index (χ3v) is 6.13. The molecule has 0 aliphatic carbocycles. The van der Waals surface area contributed by atoms with Crippen molar-refractivity contribution in [1.82, 2.24) is 4.31 Å². The van der Waals surface area contributed by atoms with Crippen LogP contribution < -0.4 is 0 Å². The largest absolute Gasteiger partial charge is 0.292 e. The number of nitrogens with zero attached hydrogens (tertiary/aromatic N) is 2. The Labute approximate surface area is 141 Å². The standard InChI is InChI=1S/C18H16N2O3S/c19-13-15-9-4-5-11-17(15)24(22,23)20-12-6-10-16(20)18(21)14-7-2-1-3-8-14/h1-5,7-9,11,16H,6,10,12H2. The Morgan fingerprint density at radius 3 is 2.46 bits per heavy atom. The van der Waals surface area contributed by atoms with Crippen LogP contribution in [0.2, 0.25) is 0 Å². The second kappa shape index (κ2) is 6.56. The number of hydrogen-bond donors (Lipinski definition) is 0. The molecule has 122 valence electrons. The Morgan fingerprint density at radius 2 is 1.75 bits per heavy atom. The lowest BCUT2D eigenvalue weighted by atomic mass is 10.0. The van der Waals surface area contributed by atoms with Gasteiger partial charge in [-0.15, -0.1) is 0 Å². The van der Waals surface area contributed by atoms with Gasteiger partial charge in [0.1, 0.15) is 6.07 Å². The van der Waals surface area contributed by atoms with Crippen LogP contribution in [-0.4, -0.2) is 31.1 Å². The minimum Gasteiger partial charge on any atom is -0.292 e. The summed E-state index contributed by atoms with van der Waals surface area (Å²) in [4.78, 5) is 12.7. The van der Waals surface area contributed by atoms with Gasteiger partial charge in [-0.2, -0.15) is 9.57 Å². The summed E-state index contributed by atoms with van der Waals surface area (Å²) in [7, 11) is -3.89. The Morgan fingerprint density at radius 1 is 1.08 bits per heavy atom. The van der Waals surface area contributed by atoms with Crippen molar-refractivity contribution in [3.05, 3.63) is 65.7 Å². The second-order valence-corrected chi connectivity index (χ2v) is 7.47. The van der Waals surface area contributed by atoms with Gasteiger partial charge in [0.15, 0.2) is 5.78 Å². The van der Waals surface area contributed by atoms with Gasteiger partial charge in [-0.25, -0.2) is 8.42 Å². The van der Waals surface area contributed by atoms with Crippen LogP contribution in [0.25, 0.3) is 0 Å². The van der Waals surface area contributed by atoms with Crippen LogP contribution in [-0.2, 0) is 10.0 Å². The van der Waals surface area contributed by atoms with Crippen molar-refractivity contribution in [1.29, 1.82) is 5.26 Å². The van der Waals surface area contributed by atoms with E-state index in [0.29, 0.717) is 18.4 Å². The monoisotopic (exact) mass is 340 g/mol. The van der Waals surface area contributed by atoms with E-state index in [1.165, 1.54) is 16.4 Å². The second-order valence-electron chi connectivity index (χ2n) is 5.61. The van der Waals surface area contributed by atoms with E-state index in [4.69, 9.17) is 0 Å². The molecule has 1 saturated heterocycles. The molecule has 2 aromatic rings. The number of rotatable bonds is 4. The summed E-state index contributed by atoms with van der Waals surface area (Å²) in [6.07, 6.45) is 1.11. The van der Waals surface area contributed by atoms with Crippen LogP contribution in [0.4, 0.5) is 0 Å². The average Bonchev–Trinajstić information content (AvgIpc) is 3.12. The van der Waals surface area contributed by atoms with Gasteiger partial charge < -0.3 is 0 Å². The minimum atomic E-state index is -3.89. The van der Waals surface area contributed by atoms with E-state index in [9.17, 15) is 18.5 Å². The van der Waals surface area contributed by atoms with Crippen LogP contribution in [0.5, 0.6) is 0 Å². The maximum absolute atomic E-state index is 13.0. The van der Waals surface area contributed by atoms with Crippen LogP contribution in [0.15, 0.2) is 59.5 Å². The van der Waals surface area contributed by atoms with Crippen molar-refractivity contribution in [2.75, 3.05) is 6.54 Å². The van der Waals surface area contributed by atoms with E-state index in [1.54, 1.807) is 36.4 Å². The zero-order valence-electron chi connectivity index (χ0n) is 12.9. The van der Waals surface area contributed by atoms with Crippen molar-refractivity contribution in [2.24, 2.45) is 0 Å². The van der Waals surface area contributed by atoms with Crippen LogP contribution in [0.1, 0.15) is 28.8 Å². The predicted molar refractivity (Wildman–Crippen MR) is 88.8 cm³/mol. The van der Waals surface area contributed by atoms with E-state index in [1.807, 2.05) is 12.1 Å². The molecular formula is C18H16N2O3S. The Balaban J connectivity index is 1.99. The summed E-state index contributed by atoms with van der Waals surface area (Å²) in [5.41, 5.74) is 0.591. The quantitative estimate of drug-likeness (QED) is 0.802. The van der Waals surface area contributed by atoms with Crippen LogP contribution in [0, 0.1) is 11.3 Å². The molecule has 1 fully saturated rings. The first-order chi connectivity index (χ1) is 11.6. The molecule has 5 nitrogen and oxygen atoms in total. The van der Waals surface area contributed by atoms with Crippen molar-refractivity contribution < 1.29 is 13.2 Å². The highest BCUT2D eigenvalue weighted by Gasteiger charge is 2.40. The fraction of sp³-hybridized carbons (Fsp3) is 0.222. The lowest BCUT2D eigenvalue weighted by molar-refractivity contribution is 0.0918. The minimum absolute atomic E-state index is 0.0414. The van der Waals surface area contributed by atoms with Gasteiger partial charge in [-0.3, -0.25) is 4.79 Å².